The Labute approximate surface area is 124 Å². The van der Waals surface area contributed by atoms with Gasteiger partial charge in [0.15, 0.2) is 0 Å². The molecular weight excluding hydrogens is 293 g/mol. The topological polar surface area (TPSA) is 38.0 Å². The maximum absolute atomic E-state index is 13.0. The van der Waals surface area contributed by atoms with E-state index in [4.69, 9.17) is 0 Å². The number of hydrogen-bond acceptors (Lipinski definition) is 2. The molecule has 0 spiro atoms. The number of alkyl halides is 3. The highest BCUT2D eigenvalue weighted by molar-refractivity contribution is 5.83. The highest BCUT2D eigenvalue weighted by Gasteiger charge is 2.38. The standard InChI is InChI=1S/C16H13F3N2O/c1-21-14(13(9-20-21)16(17,18)19)15(22)12-7-6-10-4-2-3-5-11(10)8-12/h2-9,15,22H,1H3. The summed E-state index contributed by atoms with van der Waals surface area (Å²) in [6, 6.07) is 12.5. The molecule has 3 rings (SSSR count). The lowest BCUT2D eigenvalue weighted by molar-refractivity contribution is -0.139. The van der Waals surface area contributed by atoms with E-state index in [0.29, 0.717) is 5.56 Å². The zero-order chi connectivity index (χ0) is 15.9. The summed E-state index contributed by atoms with van der Waals surface area (Å²) in [6.45, 7) is 0. The van der Waals surface area contributed by atoms with E-state index in [2.05, 4.69) is 5.10 Å². The maximum Gasteiger partial charge on any atom is 0.419 e. The van der Waals surface area contributed by atoms with E-state index in [0.717, 1.165) is 21.7 Å². The number of hydrogen-bond donors (Lipinski definition) is 1. The van der Waals surface area contributed by atoms with E-state index < -0.39 is 17.8 Å². The number of benzene rings is 2. The van der Waals surface area contributed by atoms with Crippen molar-refractivity contribution in [1.82, 2.24) is 9.78 Å². The first-order valence-corrected chi connectivity index (χ1v) is 6.64. The van der Waals surface area contributed by atoms with Gasteiger partial charge in [0, 0.05) is 7.05 Å². The lowest BCUT2D eigenvalue weighted by Crippen LogP contribution is -2.14. The van der Waals surface area contributed by atoms with Crippen LogP contribution in [0.3, 0.4) is 0 Å². The van der Waals surface area contributed by atoms with Gasteiger partial charge >= 0.3 is 6.18 Å². The number of aliphatic hydroxyl groups excluding tert-OH is 1. The Bertz CT molecular complexity index is 824. The average Bonchev–Trinajstić information content (AvgIpc) is 2.88. The maximum atomic E-state index is 13.0. The fourth-order valence-electron chi connectivity index (χ4n) is 2.53. The normalized spacial score (nSPS) is 13.5. The summed E-state index contributed by atoms with van der Waals surface area (Å²) in [5.74, 6) is 0. The molecule has 0 saturated carbocycles. The van der Waals surface area contributed by atoms with Crippen LogP contribution in [0, 0.1) is 0 Å². The van der Waals surface area contributed by atoms with Gasteiger partial charge < -0.3 is 5.11 Å². The van der Waals surface area contributed by atoms with Gasteiger partial charge in [0.05, 0.1) is 17.5 Å². The van der Waals surface area contributed by atoms with Crippen molar-refractivity contribution in [2.45, 2.75) is 12.3 Å². The monoisotopic (exact) mass is 306 g/mol. The first-order valence-electron chi connectivity index (χ1n) is 6.64. The molecule has 114 valence electrons. The molecule has 1 heterocycles. The lowest BCUT2D eigenvalue weighted by Gasteiger charge is -2.16. The molecule has 1 N–H and O–H groups in total. The van der Waals surface area contributed by atoms with Crippen LogP contribution in [0.5, 0.6) is 0 Å². The molecule has 6 heteroatoms. The van der Waals surface area contributed by atoms with Gasteiger partial charge in [-0.25, -0.2) is 0 Å². The van der Waals surface area contributed by atoms with Gasteiger partial charge in [-0.1, -0.05) is 36.4 Å². The van der Waals surface area contributed by atoms with Crippen LogP contribution >= 0.6 is 0 Å². The number of aromatic nitrogens is 2. The average molecular weight is 306 g/mol. The molecule has 0 amide bonds. The predicted molar refractivity (Wildman–Crippen MR) is 76.2 cm³/mol. The second kappa shape index (κ2) is 5.14. The first-order chi connectivity index (χ1) is 10.4. The molecule has 0 bridgehead atoms. The highest BCUT2D eigenvalue weighted by atomic mass is 19.4. The van der Waals surface area contributed by atoms with Crippen LogP contribution in [-0.2, 0) is 13.2 Å². The zero-order valence-electron chi connectivity index (χ0n) is 11.7. The molecule has 1 aromatic heterocycles. The Hall–Kier alpha value is -2.34. The molecular formula is C16H13F3N2O. The zero-order valence-corrected chi connectivity index (χ0v) is 11.7. The molecule has 1 unspecified atom stereocenters. The molecule has 22 heavy (non-hydrogen) atoms. The molecule has 3 aromatic rings. The molecule has 3 nitrogen and oxygen atoms in total. The summed E-state index contributed by atoms with van der Waals surface area (Å²) in [5.41, 5.74) is -0.786. The van der Waals surface area contributed by atoms with Crippen molar-refractivity contribution >= 4 is 10.8 Å². The molecule has 1 atom stereocenters. The number of aryl methyl sites for hydroxylation is 1. The summed E-state index contributed by atoms with van der Waals surface area (Å²) < 4.78 is 40.1. The summed E-state index contributed by atoms with van der Waals surface area (Å²) in [4.78, 5) is 0. The van der Waals surface area contributed by atoms with Crippen LogP contribution in [0.1, 0.15) is 22.9 Å². The van der Waals surface area contributed by atoms with Crippen LogP contribution in [0.4, 0.5) is 13.2 Å². The Morgan fingerprint density at radius 3 is 2.45 bits per heavy atom. The second-order valence-corrected chi connectivity index (χ2v) is 5.07. The fourth-order valence-corrected chi connectivity index (χ4v) is 2.53. The molecule has 2 aromatic carbocycles. The van der Waals surface area contributed by atoms with E-state index in [1.807, 2.05) is 24.3 Å². The van der Waals surface area contributed by atoms with Crippen molar-refractivity contribution in [2.24, 2.45) is 7.05 Å². The number of fused-ring (bicyclic) bond motifs is 1. The third-order valence-electron chi connectivity index (χ3n) is 3.64. The Morgan fingerprint density at radius 2 is 1.77 bits per heavy atom. The van der Waals surface area contributed by atoms with E-state index >= 15 is 0 Å². The van der Waals surface area contributed by atoms with Crippen LogP contribution in [0.25, 0.3) is 10.8 Å². The Balaban J connectivity index is 2.10. The van der Waals surface area contributed by atoms with Crippen LogP contribution < -0.4 is 0 Å². The number of aliphatic hydroxyl groups is 1. The fraction of sp³-hybridized carbons (Fsp3) is 0.188. The van der Waals surface area contributed by atoms with E-state index in [-0.39, 0.29) is 5.69 Å². The van der Waals surface area contributed by atoms with Gasteiger partial charge in [-0.2, -0.15) is 18.3 Å². The minimum atomic E-state index is -4.55. The molecule has 0 radical (unpaired) electrons. The summed E-state index contributed by atoms with van der Waals surface area (Å²) in [7, 11) is 1.38. The van der Waals surface area contributed by atoms with Crippen molar-refractivity contribution in [1.29, 1.82) is 0 Å². The highest BCUT2D eigenvalue weighted by Crippen LogP contribution is 2.36. The summed E-state index contributed by atoms with van der Waals surface area (Å²) >= 11 is 0. The number of halogens is 3. The molecule has 0 saturated heterocycles. The minimum absolute atomic E-state index is 0.261. The van der Waals surface area contributed by atoms with Crippen molar-refractivity contribution in [3.05, 3.63) is 65.5 Å². The van der Waals surface area contributed by atoms with Crippen molar-refractivity contribution < 1.29 is 18.3 Å². The summed E-state index contributed by atoms with van der Waals surface area (Å²) in [5, 5.41) is 15.8. The molecule has 0 aliphatic heterocycles. The predicted octanol–water partition coefficient (Wildman–Crippen LogP) is 3.67. The van der Waals surface area contributed by atoms with Gasteiger partial charge in [0.2, 0.25) is 0 Å². The van der Waals surface area contributed by atoms with Crippen molar-refractivity contribution in [2.75, 3.05) is 0 Å². The van der Waals surface area contributed by atoms with Gasteiger partial charge in [0.1, 0.15) is 6.10 Å². The van der Waals surface area contributed by atoms with Crippen LogP contribution in [0.2, 0.25) is 0 Å². The molecule has 0 aliphatic rings. The third kappa shape index (κ3) is 2.46. The van der Waals surface area contributed by atoms with Crippen LogP contribution in [0.15, 0.2) is 48.7 Å². The van der Waals surface area contributed by atoms with Gasteiger partial charge in [-0.15, -0.1) is 0 Å². The van der Waals surface area contributed by atoms with Gasteiger partial charge in [-0.05, 0) is 22.4 Å². The van der Waals surface area contributed by atoms with Crippen LogP contribution in [-0.4, -0.2) is 14.9 Å². The minimum Gasteiger partial charge on any atom is -0.382 e. The van der Waals surface area contributed by atoms with E-state index in [9.17, 15) is 18.3 Å². The number of rotatable bonds is 2. The quantitative estimate of drug-likeness (QED) is 0.784. The smallest absolute Gasteiger partial charge is 0.382 e. The summed E-state index contributed by atoms with van der Waals surface area (Å²) in [6.07, 6.45) is -5.21. The Kier molecular flexibility index (Phi) is 3.41. The van der Waals surface area contributed by atoms with Crippen molar-refractivity contribution in [3.8, 4) is 0 Å². The SMILES string of the molecule is Cn1ncc(C(F)(F)F)c1C(O)c1ccc2ccccc2c1. The first kappa shape index (κ1) is 14.6. The molecule has 0 fully saturated rings. The van der Waals surface area contributed by atoms with E-state index in [1.54, 1.807) is 18.2 Å². The van der Waals surface area contributed by atoms with Gasteiger partial charge in [0.25, 0.3) is 0 Å². The second-order valence-electron chi connectivity index (χ2n) is 5.07. The van der Waals surface area contributed by atoms with Crippen molar-refractivity contribution in [3.63, 3.8) is 0 Å². The largest absolute Gasteiger partial charge is 0.419 e. The lowest BCUT2D eigenvalue weighted by atomic mass is 10.00. The molecule has 0 aliphatic carbocycles. The Morgan fingerprint density at radius 1 is 1.09 bits per heavy atom. The van der Waals surface area contributed by atoms with E-state index in [1.165, 1.54) is 7.05 Å². The third-order valence-corrected chi connectivity index (χ3v) is 3.64. The van der Waals surface area contributed by atoms with Gasteiger partial charge in [-0.3, -0.25) is 4.68 Å². The number of nitrogens with zero attached hydrogens (tertiary/aromatic N) is 2.